The number of aliphatic imine (C=N–C) groups is 1. The number of aryl methyl sites for hydroxylation is 2. The standard InChI is InChI=1S/C21H30N8S/c1-16-10-12-29(27-16)19-9-6-5-8-18(19)14-23-21(22-11-7-13-30-4)24-15-20-26-25-17(2)28(20)3/h5-6,8-10,12H,7,11,13-15H2,1-4H3,(H2,22,23,24). The number of hydrogen-bond donors (Lipinski definition) is 2. The third kappa shape index (κ3) is 5.85. The van der Waals surface area contributed by atoms with Gasteiger partial charge in [0.05, 0.1) is 24.5 Å². The Morgan fingerprint density at radius 3 is 2.67 bits per heavy atom. The third-order valence-electron chi connectivity index (χ3n) is 4.78. The summed E-state index contributed by atoms with van der Waals surface area (Å²) in [5, 5.41) is 19.7. The largest absolute Gasteiger partial charge is 0.356 e. The molecule has 8 nitrogen and oxygen atoms in total. The summed E-state index contributed by atoms with van der Waals surface area (Å²) < 4.78 is 3.88. The van der Waals surface area contributed by atoms with E-state index in [2.05, 4.69) is 44.3 Å². The van der Waals surface area contributed by atoms with E-state index in [0.29, 0.717) is 13.1 Å². The maximum absolute atomic E-state index is 4.83. The van der Waals surface area contributed by atoms with Gasteiger partial charge in [0.25, 0.3) is 0 Å². The lowest BCUT2D eigenvalue weighted by molar-refractivity contribution is 0.710. The monoisotopic (exact) mass is 426 g/mol. The molecule has 0 aliphatic rings. The molecule has 0 radical (unpaired) electrons. The zero-order valence-electron chi connectivity index (χ0n) is 18.1. The van der Waals surface area contributed by atoms with E-state index in [1.807, 2.05) is 66.3 Å². The van der Waals surface area contributed by atoms with Crippen LogP contribution in [0.25, 0.3) is 5.69 Å². The SMILES string of the molecule is CSCCCNC(=NCc1ccccc1-n1ccc(C)n1)NCc1nnc(C)n1C. The van der Waals surface area contributed by atoms with Crippen LogP contribution in [0, 0.1) is 13.8 Å². The molecule has 0 aliphatic carbocycles. The van der Waals surface area contributed by atoms with E-state index in [-0.39, 0.29) is 0 Å². The Balaban J connectivity index is 1.73. The average molecular weight is 427 g/mol. The summed E-state index contributed by atoms with van der Waals surface area (Å²) in [6, 6.07) is 10.2. The van der Waals surface area contributed by atoms with E-state index >= 15 is 0 Å². The van der Waals surface area contributed by atoms with Crippen LogP contribution in [-0.2, 0) is 20.1 Å². The van der Waals surface area contributed by atoms with Gasteiger partial charge in [-0.1, -0.05) is 18.2 Å². The topological polar surface area (TPSA) is 84.9 Å². The number of hydrogen-bond acceptors (Lipinski definition) is 5. The molecule has 0 amide bonds. The Labute approximate surface area is 182 Å². The summed E-state index contributed by atoms with van der Waals surface area (Å²) in [5.41, 5.74) is 3.14. The molecule has 0 spiro atoms. The predicted octanol–water partition coefficient (Wildman–Crippen LogP) is 2.61. The van der Waals surface area contributed by atoms with Gasteiger partial charge >= 0.3 is 0 Å². The minimum atomic E-state index is 0.546. The van der Waals surface area contributed by atoms with Gasteiger partial charge in [-0.05, 0) is 50.0 Å². The van der Waals surface area contributed by atoms with Gasteiger partial charge in [-0.2, -0.15) is 16.9 Å². The van der Waals surface area contributed by atoms with Crippen molar-refractivity contribution in [2.45, 2.75) is 33.4 Å². The van der Waals surface area contributed by atoms with Gasteiger partial charge in [0.1, 0.15) is 5.82 Å². The van der Waals surface area contributed by atoms with Crippen LogP contribution in [-0.4, -0.2) is 49.1 Å². The average Bonchev–Trinajstić information content (AvgIpc) is 3.32. The van der Waals surface area contributed by atoms with Crippen molar-refractivity contribution in [2.24, 2.45) is 12.0 Å². The number of benzene rings is 1. The van der Waals surface area contributed by atoms with Crippen LogP contribution in [0.5, 0.6) is 0 Å². The van der Waals surface area contributed by atoms with Gasteiger partial charge in [0.2, 0.25) is 0 Å². The van der Waals surface area contributed by atoms with Crippen molar-refractivity contribution in [3.8, 4) is 5.69 Å². The van der Waals surface area contributed by atoms with Crippen LogP contribution in [0.2, 0.25) is 0 Å². The molecule has 0 saturated carbocycles. The summed E-state index contributed by atoms with van der Waals surface area (Å²) in [4.78, 5) is 4.83. The lowest BCUT2D eigenvalue weighted by Gasteiger charge is -2.13. The Kier molecular flexibility index (Phi) is 7.89. The van der Waals surface area contributed by atoms with Crippen molar-refractivity contribution in [3.63, 3.8) is 0 Å². The van der Waals surface area contributed by atoms with Gasteiger partial charge in [0.15, 0.2) is 11.8 Å². The lowest BCUT2D eigenvalue weighted by Crippen LogP contribution is -2.38. The molecule has 0 aliphatic heterocycles. The predicted molar refractivity (Wildman–Crippen MR) is 123 cm³/mol. The molecule has 30 heavy (non-hydrogen) atoms. The highest BCUT2D eigenvalue weighted by Gasteiger charge is 2.08. The summed E-state index contributed by atoms with van der Waals surface area (Å²) >= 11 is 1.85. The number of thioether (sulfide) groups is 1. The van der Waals surface area contributed by atoms with E-state index in [0.717, 1.165) is 53.3 Å². The molecule has 3 rings (SSSR count). The molecule has 0 bridgehead atoms. The molecular formula is C21H30N8S. The van der Waals surface area contributed by atoms with Crippen molar-refractivity contribution in [1.82, 2.24) is 35.2 Å². The normalized spacial score (nSPS) is 11.7. The molecule has 2 N–H and O–H groups in total. The fourth-order valence-corrected chi connectivity index (χ4v) is 3.38. The van der Waals surface area contributed by atoms with Crippen molar-refractivity contribution in [1.29, 1.82) is 0 Å². The van der Waals surface area contributed by atoms with Crippen molar-refractivity contribution in [3.05, 3.63) is 59.4 Å². The summed E-state index contributed by atoms with van der Waals surface area (Å²) in [5.74, 6) is 3.65. The fraction of sp³-hybridized carbons (Fsp3) is 0.429. The molecular weight excluding hydrogens is 396 g/mol. The molecule has 0 fully saturated rings. The second kappa shape index (κ2) is 10.8. The Hall–Kier alpha value is -2.81. The molecule has 2 heterocycles. The van der Waals surface area contributed by atoms with Crippen LogP contribution < -0.4 is 10.6 Å². The number of nitrogens with one attached hydrogen (secondary N) is 2. The second-order valence-corrected chi connectivity index (χ2v) is 8.03. The first-order chi connectivity index (χ1) is 14.6. The minimum Gasteiger partial charge on any atom is -0.356 e. The van der Waals surface area contributed by atoms with Crippen molar-refractivity contribution in [2.75, 3.05) is 18.6 Å². The highest BCUT2D eigenvalue weighted by Crippen LogP contribution is 2.15. The number of aromatic nitrogens is 5. The van der Waals surface area contributed by atoms with Crippen LogP contribution in [0.3, 0.4) is 0 Å². The summed E-state index contributed by atoms with van der Waals surface area (Å²) in [6.07, 6.45) is 5.18. The van der Waals surface area contributed by atoms with Crippen LogP contribution >= 0.6 is 11.8 Å². The molecule has 160 valence electrons. The van der Waals surface area contributed by atoms with E-state index in [4.69, 9.17) is 4.99 Å². The fourth-order valence-electron chi connectivity index (χ4n) is 2.95. The number of para-hydroxylation sites is 1. The highest BCUT2D eigenvalue weighted by atomic mass is 32.2. The first-order valence-electron chi connectivity index (χ1n) is 10.0. The zero-order valence-corrected chi connectivity index (χ0v) is 18.9. The van der Waals surface area contributed by atoms with E-state index in [9.17, 15) is 0 Å². The quantitative estimate of drug-likeness (QED) is 0.311. The maximum Gasteiger partial charge on any atom is 0.191 e. The Morgan fingerprint density at radius 1 is 1.13 bits per heavy atom. The smallest absolute Gasteiger partial charge is 0.191 e. The van der Waals surface area contributed by atoms with Gasteiger partial charge in [-0.3, -0.25) is 0 Å². The van der Waals surface area contributed by atoms with Crippen LogP contribution in [0.1, 0.15) is 29.3 Å². The molecule has 2 aromatic heterocycles. The number of nitrogens with zero attached hydrogens (tertiary/aromatic N) is 6. The van der Waals surface area contributed by atoms with Gasteiger partial charge in [-0.15, -0.1) is 10.2 Å². The van der Waals surface area contributed by atoms with E-state index in [1.165, 1.54) is 0 Å². The van der Waals surface area contributed by atoms with E-state index < -0.39 is 0 Å². The highest BCUT2D eigenvalue weighted by molar-refractivity contribution is 7.98. The summed E-state index contributed by atoms with van der Waals surface area (Å²) in [6.45, 7) is 5.91. The van der Waals surface area contributed by atoms with E-state index in [1.54, 1.807) is 0 Å². The number of rotatable bonds is 9. The second-order valence-electron chi connectivity index (χ2n) is 7.04. The Bertz CT molecular complexity index is 975. The molecule has 3 aromatic rings. The first kappa shape index (κ1) is 21.9. The number of guanidine groups is 1. The van der Waals surface area contributed by atoms with Crippen LogP contribution in [0.15, 0.2) is 41.5 Å². The minimum absolute atomic E-state index is 0.546. The Morgan fingerprint density at radius 2 is 1.97 bits per heavy atom. The first-order valence-corrected chi connectivity index (χ1v) is 11.4. The van der Waals surface area contributed by atoms with Crippen molar-refractivity contribution >= 4 is 17.7 Å². The zero-order chi connectivity index (χ0) is 21.3. The van der Waals surface area contributed by atoms with Gasteiger partial charge in [-0.25, -0.2) is 9.67 Å². The molecule has 9 heteroatoms. The van der Waals surface area contributed by atoms with Crippen molar-refractivity contribution < 1.29 is 0 Å². The third-order valence-corrected chi connectivity index (χ3v) is 5.48. The van der Waals surface area contributed by atoms with Gasteiger partial charge in [0, 0.05) is 19.8 Å². The molecule has 0 saturated heterocycles. The lowest BCUT2D eigenvalue weighted by atomic mass is 10.2. The summed E-state index contributed by atoms with van der Waals surface area (Å²) in [7, 11) is 1.97. The molecule has 0 atom stereocenters. The van der Waals surface area contributed by atoms with Gasteiger partial charge < -0.3 is 15.2 Å². The molecule has 1 aromatic carbocycles. The van der Waals surface area contributed by atoms with Crippen LogP contribution in [0.4, 0.5) is 0 Å². The maximum atomic E-state index is 4.83. The molecule has 0 unspecified atom stereocenters.